The van der Waals surface area contributed by atoms with E-state index in [-0.39, 0.29) is 0 Å². The number of piperazine rings is 1. The molecule has 1 aromatic heterocycles. The van der Waals surface area contributed by atoms with Crippen molar-refractivity contribution in [2.75, 3.05) is 38.1 Å². The number of rotatable bonds is 2. The van der Waals surface area contributed by atoms with Gasteiger partial charge in [0.15, 0.2) is 0 Å². The molecular formula is C15H18IN3. The zero-order chi connectivity index (χ0) is 13.2. The van der Waals surface area contributed by atoms with E-state index in [0.29, 0.717) is 0 Å². The van der Waals surface area contributed by atoms with Crippen LogP contribution in [0.25, 0.3) is 11.3 Å². The van der Waals surface area contributed by atoms with Crippen molar-refractivity contribution in [2.24, 2.45) is 0 Å². The number of nitrogens with zero attached hydrogens (tertiary/aromatic N) is 2. The zero-order valence-electron chi connectivity index (χ0n) is 11.1. The molecule has 2 heterocycles. The number of halogens is 1. The molecule has 0 radical (unpaired) electrons. The first-order chi connectivity index (χ1) is 9.22. The Morgan fingerprint density at radius 2 is 1.74 bits per heavy atom. The van der Waals surface area contributed by atoms with E-state index in [1.165, 1.54) is 20.5 Å². The van der Waals surface area contributed by atoms with Crippen LogP contribution in [0.4, 0.5) is 5.69 Å². The van der Waals surface area contributed by atoms with Crippen LogP contribution < -0.4 is 4.90 Å². The van der Waals surface area contributed by atoms with Crippen LogP contribution in [0.2, 0.25) is 0 Å². The van der Waals surface area contributed by atoms with Gasteiger partial charge in [0.05, 0.1) is 0 Å². The summed E-state index contributed by atoms with van der Waals surface area (Å²) in [5.74, 6) is 0. The maximum Gasteiger partial charge on any atom is 0.0464 e. The summed E-state index contributed by atoms with van der Waals surface area (Å²) in [4.78, 5) is 8.14. The van der Waals surface area contributed by atoms with Crippen LogP contribution >= 0.6 is 22.6 Å². The number of nitrogens with one attached hydrogen (secondary N) is 1. The van der Waals surface area contributed by atoms with Gasteiger partial charge in [-0.2, -0.15) is 0 Å². The number of aromatic nitrogens is 1. The van der Waals surface area contributed by atoms with E-state index in [1.807, 2.05) is 6.20 Å². The Morgan fingerprint density at radius 1 is 1.05 bits per heavy atom. The third kappa shape index (κ3) is 2.95. The second-order valence-electron chi connectivity index (χ2n) is 5.07. The second kappa shape index (κ2) is 5.54. The summed E-state index contributed by atoms with van der Waals surface area (Å²) in [6, 6.07) is 11.0. The van der Waals surface area contributed by atoms with Gasteiger partial charge in [0.25, 0.3) is 0 Å². The van der Waals surface area contributed by atoms with Crippen LogP contribution in [0.5, 0.6) is 0 Å². The van der Waals surface area contributed by atoms with E-state index in [0.717, 1.165) is 26.2 Å². The topological polar surface area (TPSA) is 22.3 Å². The van der Waals surface area contributed by atoms with E-state index < -0.39 is 0 Å². The number of hydrogen-bond donors (Lipinski definition) is 1. The predicted molar refractivity (Wildman–Crippen MR) is 88.7 cm³/mol. The number of aromatic amines is 1. The standard InChI is InChI=1S/C15H18IN3/c1-18-6-8-19(9-7-18)14-4-2-12(3-5-14)15-10-13(16)11-17-15/h2-5,10-11,17H,6-9H2,1H3. The number of anilines is 1. The molecule has 19 heavy (non-hydrogen) atoms. The third-order valence-corrected chi connectivity index (χ3v) is 4.32. The minimum Gasteiger partial charge on any atom is -0.369 e. The largest absolute Gasteiger partial charge is 0.369 e. The average molecular weight is 367 g/mol. The van der Waals surface area contributed by atoms with E-state index >= 15 is 0 Å². The van der Waals surface area contributed by atoms with Gasteiger partial charge < -0.3 is 14.8 Å². The Morgan fingerprint density at radius 3 is 2.32 bits per heavy atom. The summed E-state index contributed by atoms with van der Waals surface area (Å²) < 4.78 is 1.25. The maximum atomic E-state index is 3.30. The minimum absolute atomic E-state index is 1.12. The van der Waals surface area contributed by atoms with Crippen LogP contribution in [0, 0.1) is 3.57 Å². The van der Waals surface area contributed by atoms with Crippen molar-refractivity contribution in [3.8, 4) is 11.3 Å². The Balaban J connectivity index is 1.75. The van der Waals surface area contributed by atoms with Crippen molar-refractivity contribution in [3.63, 3.8) is 0 Å². The summed E-state index contributed by atoms with van der Waals surface area (Å²) in [5, 5.41) is 0. The van der Waals surface area contributed by atoms with Gasteiger partial charge in [-0.25, -0.2) is 0 Å². The Hall–Kier alpha value is -1.01. The average Bonchev–Trinajstić information content (AvgIpc) is 2.87. The molecular weight excluding hydrogens is 349 g/mol. The molecule has 1 aromatic carbocycles. The molecule has 0 unspecified atom stereocenters. The van der Waals surface area contributed by atoms with Crippen molar-refractivity contribution < 1.29 is 0 Å². The molecule has 0 saturated carbocycles. The second-order valence-corrected chi connectivity index (χ2v) is 6.31. The van der Waals surface area contributed by atoms with E-state index in [2.05, 4.69) is 74.8 Å². The van der Waals surface area contributed by atoms with Crippen LogP contribution in [0.15, 0.2) is 36.5 Å². The van der Waals surface area contributed by atoms with E-state index in [1.54, 1.807) is 0 Å². The molecule has 3 rings (SSSR count). The summed E-state index contributed by atoms with van der Waals surface area (Å²) in [6.45, 7) is 4.54. The number of H-pyrrole nitrogens is 1. The molecule has 0 amide bonds. The number of hydrogen-bond acceptors (Lipinski definition) is 2. The Bertz CT molecular complexity index is 539. The third-order valence-electron chi connectivity index (χ3n) is 3.69. The summed E-state index contributed by atoms with van der Waals surface area (Å²) in [5.41, 5.74) is 3.77. The molecule has 0 spiro atoms. The molecule has 4 heteroatoms. The SMILES string of the molecule is CN1CCN(c2ccc(-c3cc(I)c[nH]3)cc2)CC1. The molecule has 1 aliphatic heterocycles. The Labute approximate surface area is 127 Å². The van der Waals surface area contributed by atoms with Crippen molar-refractivity contribution in [3.05, 3.63) is 40.1 Å². The molecule has 0 bridgehead atoms. The van der Waals surface area contributed by atoms with Crippen LogP contribution in [0.3, 0.4) is 0 Å². The van der Waals surface area contributed by atoms with E-state index in [4.69, 9.17) is 0 Å². The first-order valence-corrected chi connectivity index (χ1v) is 7.68. The van der Waals surface area contributed by atoms with Crippen LogP contribution in [0.1, 0.15) is 0 Å². The van der Waals surface area contributed by atoms with Gasteiger partial charge in [-0.05, 0) is 53.4 Å². The molecule has 100 valence electrons. The quantitative estimate of drug-likeness (QED) is 0.825. The van der Waals surface area contributed by atoms with Crippen molar-refractivity contribution in [2.45, 2.75) is 0 Å². The van der Waals surface area contributed by atoms with E-state index in [9.17, 15) is 0 Å². The summed E-state index contributed by atoms with van der Waals surface area (Å²) in [6.07, 6.45) is 2.03. The molecule has 3 nitrogen and oxygen atoms in total. The molecule has 1 aliphatic rings. The summed E-state index contributed by atoms with van der Waals surface area (Å²) in [7, 11) is 2.19. The fourth-order valence-electron chi connectivity index (χ4n) is 2.45. The molecule has 1 fully saturated rings. The molecule has 1 N–H and O–H groups in total. The van der Waals surface area contributed by atoms with Gasteiger partial charge in [-0.15, -0.1) is 0 Å². The monoisotopic (exact) mass is 367 g/mol. The zero-order valence-corrected chi connectivity index (χ0v) is 13.2. The lowest BCUT2D eigenvalue weighted by Crippen LogP contribution is -2.44. The lowest BCUT2D eigenvalue weighted by Gasteiger charge is -2.34. The first kappa shape index (κ1) is 13.0. The fourth-order valence-corrected chi connectivity index (χ4v) is 2.92. The first-order valence-electron chi connectivity index (χ1n) is 6.60. The van der Waals surface area contributed by atoms with Gasteiger partial charge in [0, 0.05) is 47.3 Å². The van der Waals surface area contributed by atoms with Gasteiger partial charge in [-0.1, -0.05) is 12.1 Å². The molecule has 2 aromatic rings. The molecule has 1 saturated heterocycles. The van der Waals surface area contributed by atoms with Gasteiger partial charge in [-0.3, -0.25) is 0 Å². The van der Waals surface area contributed by atoms with Crippen molar-refractivity contribution in [1.29, 1.82) is 0 Å². The minimum atomic E-state index is 1.12. The molecule has 0 aliphatic carbocycles. The van der Waals surface area contributed by atoms with Crippen LogP contribution in [-0.4, -0.2) is 43.1 Å². The summed E-state index contributed by atoms with van der Waals surface area (Å²) >= 11 is 2.33. The smallest absolute Gasteiger partial charge is 0.0464 e. The maximum absolute atomic E-state index is 3.30. The Kier molecular flexibility index (Phi) is 3.79. The highest BCUT2D eigenvalue weighted by molar-refractivity contribution is 14.1. The van der Waals surface area contributed by atoms with Gasteiger partial charge in [0.1, 0.15) is 0 Å². The van der Waals surface area contributed by atoms with Crippen molar-refractivity contribution in [1.82, 2.24) is 9.88 Å². The van der Waals surface area contributed by atoms with Gasteiger partial charge >= 0.3 is 0 Å². The van der Waals surface area contributed by atoms with Gasteiger partial charge in [0.2, 0.25) is 0 Å². The number of likely N-dealkylation sites (N-methyl/N-ethyl adjacent to an activating group) is 1. The highest BCUT2D eigenvalue weighted by Gasteiger charge is 2.14. The number of benzene rings is 1. The van der Waals surface area contributed by atoms with Crippen molar-refractivity contribution >= 4 is 28.3 Å². The lowest BCUT2D eigenvalue weighted by atomic mass is 10.1. The normalized spacial score (nSPS) is 16.8. The molecule has 0 atom stereocenters. The highest BCUT2D eigenvalue weighted by Crippen LogP contribution is 2.24. The highest BCUT2D eigenvalue weighted by atomic mass is 127. The fraction of sp³-hybridized carbons (Fsp3) is 0.333. The van der Waals surface area contributed by atoms with Crippen LogP contribution in [-0.2, 0) is 0 Å². The lowest BCUT2D eigenvalue weighted by molar-refractivity contribution is 0.313. The predicted octanol–water partition coefficient (Wildman–Crippen LogP) is 3.04.